The molecule has 5 heteroatoms. The van der Waals surface area contributed by atoms with Crippen LogP contribution in [0.3, 0.4) is 0 Å². The van der Waals surface area contributed by atoms with Crippen LogP contribution in [0.2, 0.25) is 0 Å². The molecule has 1 aromatic carbocycles. The lowest BCUT2D eigenvalue weighted by atomic mass is 9.85. The fourth-order valence-corrected chi connectivity index (χ4v) is 3.40. The molecule has 27 heavy (non-hydrogen) atoms. The fraction of sp³-hybridized carbons (Fsp3) is 0.455. The van der Waals surface area contributed by atoms with Crippen LogP contribution in [-0.2, 0) is 16.6 Å². The van der Waals surface area contributed by atoms with Gasteiger partial charge < -0.3 is 14.8 Å². The number of H-pyrrole nitrogens is 1. The Morgan fingerprint density at radius 1 is 1.04 bits per heavy atom. The largest absolute Gasteiger partial charge is 0.357 e. The Bertz CT molecular complexity index is 811. The van der Waals surface area contributed by atoms with Gasteiger partial charge in [-0.25, -0.2) is 0 Å². The van der Waals surface area contributed by atoms with Crippen molar-refractivity contribution in [3.05, 3.63) is 58.9 Å². The molecule has 0 saturated carbocycles. The van der Waals surface area contributed by atoms with Crippen LogP contribution in [0.4, 0.5) is 0 Å². The third-order valence-electron chi connectivity index (χ3n) is 5.30. The van der Waals surface area contributed by atoms with Gasteiger partial charge in [0.25, 0.3) is 5.91 Å². The Morgan fingerprint density at radius 3 is 2.30 bits per heavy atom. The van der Waals surface area contributed by atoms with Crippen molar-refractivity contribution in [3.63, 3.8) is 0 Å². The van der Waals surface area contributed by atoms with Gasteiger partial charge in [0.15, 0.2) is 0 Å². The second-order valence-corrected chi connectivity index (χ2v) is 8.32. The van der Waals surface area contributed by atoms with Crippen LogP contribution in [-0.4, -0.2) is 52.8 Å². The maximum atomic E-state index is 12.8. The van der Waals surface area contributed by atoms with Crippen molar-refractivity contribution in [2.45, 2.75) is 39.5 Å². The van der Waals surface area contributed by atoms with Crippen molar-refractivity contribution >= 4 is 11.8 Å². The standard InChI is InChI=1S/C22H29N3O2/c1-16-7-8-18(22(2,3)4)14-17(16)15-20(26)24-10-12-25(13-11-24)21(27)19-6-5-9-23-19/h5-9,14,23H,10-13,15H2,1-4H3. The minimum atomic E-state index is 0.000761. The van der Waals surface area contributed by atoms with Crippen LogP contribution in [0.1, 0.15) is 48.0 Å². The van der Waals surface area contributed by atoms with Crippen LogP contribution in [0.25, 0.3) is 0 Å². The van der Waals surface area contributed by atoms with E-state index < -0.39 is 0 Å². The van der Waals surface area contributed by atoms with Crippen LogP contribution < -0.4 is 0 Å². The number of carbonyl (C=O) groups is 2. The van der Waals surface area contributed by atoms with Gasteiger partial charge >= 0.3 is 0 Å². The summed E-state index contributed by atoms with van der Waals surface area (Å²) in [7, 11) is 0. The van der Waals surface area contributed by atoms with Crippen LogP contribution in [0.15, 0.2) is 36.5 Å². The van der Waals surface area contributed by atoms with Crippen molar-refractivity contribution in [3.8, 4) is 0 Å². The Labute approximate surface area is 161 Å². The Kier molecular flexibility index (Phi) is 5.40. The van der Waals surface area contributed by atoms with Gasteiger partial charge in [-0.15, -0.1) is 0 Å². The van der Waals surface area contributed by atoms with Crippen molar-refractivity contribution in [2.24, 2.45) is 0 Å². The molecule has 1 aromatic heterocycles. The predicted octanol–water partition coefficient (Wildman–Crippen LogP) is 3.15. The highest BCUT2D eigenvalue weighted by molar-refractivity contribution is 5.92. The molecular weight excluding hydrogens is 338 g/mol. The van der Waals surface area contributed by atoms with E-state index in [2.05, 4.69) is 50.9 Å². The summed E-state index contributed by atoms with van der Waals surface area (Å²) in [5, 5.41) is 0. The summed E-state index contributed by atoms with van der Waals surface area (Å²) in [5.41, 5.74) is 4.16. The van der Waals surface area contributed by atoms with Gasteiger partial charge in [-0.3, -0.25) is 9.59 Å². The number of nitrogens with zero attached hydrogens (tertiary/aromatic N) is 2. The third kappa shape index (κ3) is 4.41. The maximum absolute atomic E-state index is 12.8. The van der Waals surface area contributed by atoms with E-state index >= 15 is 0 Å². The smallest absolute Gasteiger partial charge is 0.270 e. The number of benzene rings is 1. The summed E-state index contributed by atoms with van der Waals surface area (Å²) >= 11 is 0. The minimum absolute atomic E-state index is 0.000761. The van der Waals surface area contributed by atoms with E-state index in [-0.39, 0.29) is 17.2 Å². The third-order valence-corrected chi connectivity index (χ3v) is 5.30. The van der Waals surface area contributed by atoms with Crippen LogP contribution in [0, 0.1) is 6.92 Å². The summed E-state index contributed by atoms with van der Waals surface area (Å²) in [5.74, 6) is 0.136. The number of aryl methyl sites for hydroxylation is 1. The van der Waals surface area contributed by atoms with Gasteiger partial charge in [-0.1, -0.05) is 39.0 Å². The molecule has 2 aromatic rings. The van der Waals surface area contributed by atoms with E-state index in [1.807, 2.05) is 11.0 Å². The molecule has 2 heterocycles. The Balaban J connectivity index is 1.61. The normalized spacial score (nSPS) is 15.1. The molecule has 144 valence electrons. The zero-order valence-electron chi connectivity index (χ0n) is 16.7. The number of rotatable bonds is 3. The molecule has 1 fully saturated rings. The van der Waals surface area contributed by atoms with E-state index in [0.717, 1.165) is 11.1 Å². The Morgan fingerprint density at radius 2 is 1.70 bits per heavy atom. The van der Waals surface area contributed by atoms with Gasteiger partial charge in [-0.2, -0.15) is 0 Å². The maximum Gasteiger partial charge on any atom is 0.270 e. The summed E-state index contributed by atoms with van der Waals surface area (Å²) in [4.78, 5) is 31.8. The van der Waals surface area contributed by atoms with E-state index in [9.17, 15) is 9.59 Å². The van der Waals surface area contributed by atoms with E-state index in [4.69, 9.17) is 0 Å². The first-order chi connectivity index (χ1) is 12.8. The summed E-state index contributed by atoms with van der Waals surface area (Å²) in [6.07, 6.45) is 2.17. The minimum Gasteiger partial charge on any atom is -0.357 e. The van der Waals surface area contributed by atoms with Crippen molar-refractivity contribution < 1.29 is 9.59 Å². The number of carbonyl (C=O) groups excluding carboxylic acids is 2. The zero-order valence-corrected chi connectivity index (χ0v) is 16.7. The quantitative estimate of drug-likeness (QED) is 0.906. The van der Waals surface area contributed by atoms with Gasteiger partial charge in [-0.05, 0) is 41.2 Å². The summed E-state index contributed by atoms with van der Waals surface area (Å²) < 4.78 is 0. The molecule has 5 nitrogen and oxygen atoms in total. The first-order valence-corrected chi connectivity index (χ1v) is 9.56. The van der Waals surface area contributed by atoms with Crippen molar-refractivity contribution in [2.75, 3.05) is 26.2 Å². The second-order valence-electron chi connectivity index (χ2n) is 8.32. The fourth-order valence-electron chi connectivity index (χ4n) is 3.40. The molecular formula is C22H29N3O2. The molecule has 1 N–H and O–H groups in total. The molecule has 1 saturated heterocycles. The molecule has 0 unspecified atom stereocenters. The van der Waals surface area contributed by atoms with Gasteiger partial charge in [0, 0.05) is 32.4 Å². The number of piperazine rings is 1. The SMILES string of the molecule is Cc1ccc(C(C)(C)C)cc1CC(=O)N1CCN(C(=O)c2ccc[nH]2)CC1. The lowest BCUT2D eigenvalue weighted by molar-refractivity contribution is -0.131. The topological polar surface area (TPSA) is 56.4 Å². The molecule has 0 spiro atoms. The average molecular weight is 367 g/mol. The highest BCUT2D eigenvalue weighted by Gasteiger charge is 2.25. The van der Waals surface area contributed by atoms with Crippen molar-refractivity contribution in [1.29, 1.82) is 0 Å². The first-order valence-electron chi connectivity index (χ1n) is 9.56. The van der Waals surface area contributed by atoms with Gasteiger partial charge in [0.2, 0.25) is 5.91 Å². The van der Waals surface area contributed by atoms with E-state index in [0.29, 0.717) is 38.3 Å². The molecule has 0 atom stereocenters. The van der Waals surface area contributed by atoms with Gasteiger partial charge in [0.1, 0.15) is 5.69 Å². The van der Waals surface area contributed by atoms with Crippen molar-refractivity contribution in [1.82, 2.24) is 14.8 Å². The lowest BCUT2D eigenvalue weighted by Gasteiger charge is -2.34. The number of aromatic amines is 1. The first kappa shape index (κ1) is 19.2. The highest BCUT2D eigenvalue weighted by atomic mass is 16.2. The summed E-state index contributed by atoms with van der Waals surface area (Å²) in [6, 6.07) is 10.0. The monoisotopic (exact) mass is 367 g/mol. The molecule has 0 bridgehead atoms. The molecule has 1 aliphatic rings. The molecule has 2 amide bonds. The lowest BCUT2D eigenvalue weighted by Crippen LogP contribution is -2.51. The number of hydrogen-bond acceptors (Lipinski definition) is 2. The number of nitrogens with one attached hydrogen (secondary N) is 1. The predicted molar refractivity (Wildman–Crippen MR) is 107 cm³/mol. The van der Waals surface area contributed by atoms with Gasteiger partial charge in [0.05, 0.1) is 6.42 Å². The second kappa shape index (κ2) is 7.59. The number of amides is 2. The number of hydrogen-bond donors (Lipinski definition) is 1. The zero-order chi connectivity index (χ0) is 19.6. The van der Waals surface area contributed by atoms with E-state index in [1.54, 1.807) is 17.2 Å². The summed E-state index contributed by atoms with van der Waals surface area (Å²) in [6.45, 7) is 10.9. The highest BCUT2D eigenvalue weighted by Crippen LogP contribution is 2.25. The van der Waals surface area contributed by atoms with Crippen LogP contribution >= 0.6 is 0 Å². The molecule has 1 aliphatic heterocycles. The molecule has 0 radical (unpaired) electrons. The molecule has 0 aliphatic carbocycles. The molecule has 3 rings (SSSR count). The Hall–Kier alpha value is -2.56. The van der Waals surface area contributed by atoms with Crippen LogP contribution in [0.5, 0.6) is 0 Å². The number of aromatic nitrogens is 1. The van der Waals surface area contributed by atoms with E-state index in [1.165, 1.54) is 5.56 Å². The average Bonchev–Trinajstić information content (AvgIpc) is 3.16.